The lowest BCUT2D eigenvalue weighted by atomic mass is 10.2. The van der Waals surface area contributed by atoms with Gasteiger partial charge in [0.15, 0.2) is 17.3 Å². The van der Waals surface area contributed by atoms with Crippen LogP contribution < -0.4 is 0 Å². The van der Waals surface area contributed by atoms with Crippen LogP contribution in [0.15, 0.2) is 22.6 Å². The zero-order valence-corrected chi connectivity index (χ0v) is 10.7. The third kappa shape index (κ3) is 3.04. The van der Waals surface area contributed by atoms with E-state index in [1.54, 1.807) is 0 Å². The predicted molar refractivity (Wildman–Crippen MR) is 62.8 cm³/mol. The molecule has 0 unspecified atom stereocenters. The van der Waals surface area contributed by atoms with E-state index in [4.69, 9.17) is 4.42 Å². The van der Waals surface area contributed by atoms with Gasteiger partial charge >= 0.3 is 5.97 Å². The molecule has 0 N–H and O–H groups in total. The quantitative estimate of drug-likeness (QED) is 0.638. The number of carbonyl (C=O) groups is 1. The summed E-state index contributed by atoms with van der Waals surface area (Å²) in [5.74, 6) is -4.58. The van der Waals surface area contributed by atoms with E-state index < -0.39 is 41.4 Å². The van der Waals surface area contributed by atoms with Crippen molar-refractivity contribution >= 4 is 5.97 Å². The average Bonchev–Trinajstić information content (AvgIpc) is 2.87. The Bertz CT molecular complexity index is 669. The van der Waals surface area contributed by atoms with Crippen LogP contribution in [-0.2, 0) is 4.74 Å². The first-order valence-electron chi connectivity index (χ1n) is 5.85. The minimum Gasteiger partial charge on any atom is -0.460 e. The summed E-state index contributed by atoms with van der Waals surface area (Å²) in [7, 11) is 0. The normalized spacial score (nSPS) is 11.0. The topological polar surface area (TPSA) is 52.3 Å². The van der Waals surface area contributed by atoms with Gasteiger partial charge in [0.1, 0.15) is 0 Å². The molecule has 112 valence electrons. The van der Waals surface area contributed by atoms with Crippen LogP contribution in [0.4, 0.5) is 17.6 Å². The summed E-state index contributed by atoms with van der Waals surface area (Å²) >= 11 is 0. The summed E-state index contributed by atoms with van der Waals surface area (Å²) < 4.78 is 61.1. The number of hydrogen-bond acceptors (Lipinski definition) is 4. The molecule has 1 aromatic carbocycles. The van der Waals surface area contributed by atoms with E-state index in [0.29, 0.717) is 0 Å². The van der Waals surface area contributed by atoms with Gasteiger partial charge in [-0.2, -0.15) is 0 Å². The molecule has 1 aromatic heterocycles. The first-order chi connectivity index (χ1) is 9.93. The molecule has 0 atom stereocenters. The van der Waals surface area contributed by atoms with Crippen LogP contribution >= 0.6 is 0 Å². The molecule has 0 aliphatic carbocycles. The molecule has 0 saturated heterocycles. The van der Waals surface area contributed by atoms with E-state index in [0.717, 1.165) is 18.2 Å². The minimum atomic E-state index is -3.08. The number of alkyl halides is 2. The van der Waals surface area contributed by atoms with E-state index in [9.17, 15) is 22.4 Å². The zero-order chi connectivity index (χ0) is 15.6. The number of hydrogen-bond donors (Lipinski definition) is 0. The fourth-order valence-electron chi connectivity index (χ4n) is 1.58. The van der Waals surface area contributed by atoms with Crippen LogP contribution in [-0.4, -0.2) is 17.6 Å². The van der Waals surface area contributed by atoms with Crippen LogP contribution in [0.3, 0.4) is 0 Å². The van der Waals surface area contributed by atoms with Crippen molar-refractivity contribution in [3.63, 3.8) is 0 Å². The van der Waals surface area contributed by atoms with Crippen molar-refractivity contribution in [3.05, 3.63) is 41.3 Å². The Morgan fingerprint density at radius 1 is 1.33 bits per heavy atom. The number of oxazole rings is 1. The van der Waals surface area contributed by atoms with Crippen LogP contribution in [0.1, 0.15) is 29.6 Å². The molecule has 2 aromatic rings. The Morgan fingerprint density at radius 2 is 2.05 bits per heavy atom. The van der Waals surface area contributed by atoms with E-state index in [1.807, 2.05) is 0 Å². The van der Waals surface area contributed by atoms with E-state index in [1.165, 1.54) is 6.92 Å². The van der Waals surface area contributed by atoms with Crippen molar-refractivity contribution in [1.29, 1.82) is 0 Å². The molecule has 8 heteroatoms. The molecule has 0 spiro atoms. The second-order valence-corrected chi connectivity index (χ2v) is 3.88. The minimum absolute atomic E-state index is 0.0390. The summed E-state index contributed by atoms with van der Waals surface area (Å²) in [6.07, 6.45) is -3.08. The van der Waals surface area contributed by atoms with Crippen molar-refractivity contribution in [3.8, 4) is 11.5 Å². The SMILES string of the molecule is CCOC(=O)c1oc(-c2ccc(F)c(F)c2)nc1C(F)F. The molecule has 4 nitrogen and oxygen atoms in total. The Balaban J connectivity index is 2.48. The molecule has 0 bridgehead atoms. The van der Waals surface area contributed by atoms with E-state index in [2.05, 4.69) is 9.72 Å². The lowest BCUT2D eigenvalue weighted by Crippen LogP contribution is -2.06. The Morgan fingerprint density at radius 3 is 2.62 bits per heavy atom. The number of halogens is 4. The number of rotatable bonds is 4. The van der Waals surface area contributed by atoms with Gasteiger partial charge in [0.25, 0.3) is 6.43 Å². The fourth-order valence-corrected chi connectivity index (χ4v) is 1.58. The molecule has 1 heterocycles. The lowest BCUT2D eigenvalue weighted by Gasteiger charge is -1.99. The summed E-state index contributed by atoms with van der Waals surface area (Å²) in [6.45, 7) is 1.45. The summed E-state index contributed by atoms with van der Waals surface area (Å²) in [5, 5.41) is 0. The van der Waals surface area contributed by atoms with Crippen molar-refractivity contribution in [1.82, 2.24) is 4.98 Å². The smallest absolute Gasteiger partial charge is 0.376 e. The van der Waals surface area contributed by atoms with E-state index in [-0.39, 0.29) is 12.2 Å². The molecule has 21 heavy (non-hydrogen) atoms. The van der Waals surface area contributed by atoms with Crippen LogP contribution in [0.5, 0.6) is 0 Å². The van der Waals surface area contributed by atoms with Crippen LogP contribution in [0.25, 0.3) is 11.5 Å². The molecule has 0 radical (unpaired) electrons. The van der Waals surface area contributed by atoms with Crippen molar-refractivity contribution in [2.24, 2.45) is 0 Å². The standard InChI is InChI=1S/C13H9F4NO3/c1-2-20-13(19)10-9(11(16)17)18-12(21-10)6-3-4-7(14)8(15)5-6/h3-5,11H,2H2,1H3. The molecule has 0 aliphatic rings. The molecule has 0 fully saturated rings. The number of benzene rings is 1. The van der Waals surface area contributed by atoms with Crippen LogP contribution in [0.2, 0.25) is 0 Å². The molecular weight excluding hydrogens is 294 g/mol. The maximum atomic E-state index is 13.1. The number of ether oxygens (including phenoxy) is 1. The number of nitrogens with zero attached hydrogens (tertiary/aromatic N) is 1. The summed E-state index contributed by atoms with van der Waals surface area (Å²) in [4.78, 5) is 15.0. The molecule has 2 rings (SSSR count). The van der Waals surface area contributed by atoms with Gasteiger partial charge in [0.05, 0.1) is 6.61 Å². The predicted octanol–water partition coefficient (Wildman–Crippen LogP) is 3.73. The highest BCUT2D eigenvalue weighted by Crippen LogP contribution is 2.29. The second kappa shape index (κ2) is 5.94. The van der Waals surface area contributed by atoms with Gasteiger partial charge in [-0.3, -0.25) is 0 Å². The number of aromatic nitrogens is 1. The highest BCUT2D eigenvalue weighted by molar-refractivity contribution is 5.88. The third-order valence-electron chi connectivity index (χ3n) is 2.49. The highest BCUT2D eigenvalue weighted by Gasteiger charge is 2.28. The lowest BCUT2D eigenvalue weighted by molar-refractivity contribution is 0.0476. The average molecular weight is 303 g/mol. The van der Waals surface area contributed by atoms with Gasteiger partial charge < -0.3 is 9.15 Å². The highest BCUT2D eigenvalue weighted by atomic mass is 19.3. The third-order valence-corrected chi connectivity index (χ3v) is 2.49. The van der Waals surface area contributed by atoms with Gasteiger partial charge in [-0.1, -0.05) is 0 Å². The van der Waals surface area contributed by atoms with E-state index >= 15 is 0 Å². The summed E-state index contributed by atoms with van der Waals surface area (Å²) in [6, 6.07) is 2.61. The fraction of sp³-hybridized carbons (Fsp3) is 0.231. The Hall–Kier alpha value is -2.38. The molecule has 0 saturated carbocycles. The van der Waals surface area contributed by atoms with Gasteiger partial charge in [-0.15, -0.1) is 0 Å². The maximum absolute atomic E-state index is 13.1. The first-order valence-corrected chi connectivity index (χ1v) is 5.85. The van der Waals surface area contributed by atoms with Crippen LogP contribution in [0, 0.1) is 11.6 Å². The molecular formula is C13H9F4NO3. The van der Waals surface area contributed by atoms with Gasteiger partial charge in [0.2, 0.25) is 11.7 Å². The summed E-state index contributed by atoms with van der Waals surface area (Å²) in [5.41, 5.74) is -0.987. The Labute approximate surface area is 116 Å². The van der Waals surface area contributed by atoms with Gasteiger partial charge in [-0.25, -0.2) is 27.3 Å². The molecule has 0 amide bonds. The molecule has 0 aliphatic heterocycles. The van der Waals surface area contributed by atoms with Gasteiger partial charge in [-0.05, 0) is 25.1 Å². The Kier molecular flexibility index (Phi) is 4.25. The number of carbonyl (C=O) groups excluding carboxylic acids is 1. The maximum Gasteiger partial charge on any atom is 0.376 e. The monoisotopic (exact) mass is 303 g/mol. The van der Waals surface area contributed by atoms with Crippen molar-refractivity contribution in [2.75, 3.05) is 6.61 Å². The first kappa shape index (κ1) is 15.0. The van der Waals surface area contributed by atoms with Gasteiger partial charge in [0, 0.05) is 5.56 Å². The largest absolute Gasteiger partial charge is 0.460 e. The van der Waals surface area contributed by atoms with Crippen molar-refractivity contribution in [2.45, 2.75) is 13.3 Å². The second-order valence-electron chi connectivity index (χ2n) is 3.88. The zero-order valence-electron chi connectivity index (χ0n) is 10.7. The number of esters is 1. The van der Waals surface area contributed by atoms with Crippen molar-refractivity contribution < 1.29 is 31.5 Å².